The maximum atomic E-state index is 11.5. The highest BCUT2D eigenvalue weighted by Gasteiger charge is 2.21. The van der Waals surface area contributed by atoms with Gasteiger partial charge in [0.2, 0.25) is 0 Å². The summed E-state index contributed by atoms with van der Waals surface area (Å²) in [6.07, 6.45) is 0.365. The molecule has 1 N–H and O–H groups in total. The van der Waals surface area contributed by atoms with Crippen molar-refractivity contribution in [1.82, 2.24) is 5.32 Å². The van der Waals surface area contributed by atoms with E-state index in [-0.39, 0.29) is 5.91 Å². The molecule has 1 fully saturated rings. The standard InChI is InChI=1S/C10H18BrNO4/c11-2-5-14-4-1-3-12-10(13)9-8-15-6-7-16-9/h9H,1-8H2,(H,12,13). The average molecular weight is 296 g/mol. The van der Waals surface area contributed by atoms with E-state index >= 15 is 0 Å². The molecule has 1 aliphatic rings. The number of hydrogen-bond acceptors (Lipinski definition) is 4. The van der Waals surface area contributed by atoms with Gasteiger partial charge in [-0.3, -0.25) is 4.79 Å². The first-order chi connectivity index (χ1) is 7.84. The SMILES string of the molecule is O=C(NCCCOCCBr)C1COCCO1. The van der Waals surface area contributed by atoms with Crippen molar-refractivity contribution in [3.8, 4) is 0 Å². The van der Waals surface area contributed by atoms with Crippen LogP contribution in [-0.4, -0.2) is 56.9 Å². The first kappa shape index (κ1) is 13.9. The Hall–Kier alpha value is -0.170. The largest absolute Gasteiger partial charge is 0.381 e. The van der Waals surface area contributed by atoms with Gasteiger partial charge in [-0.25, -0.2) is 0 Å². The number of amides is 1. The molecule has 1 aliphatic heterocycles. The first-order valence-corrected chi connectivity index (χ1v) is 6.57. The first-order valence-electron chi connectivity index (χ1n) is 5.45. The van der Waals surface area contributed by atoms with Crippen LogP contribution in [0.4, 0.5) is 0 Å². The zero-order valence-corrected chi connectivity index (χ0v) is 10.8. The molecule has 1 rings (SSSR count). The third-order valence-electron chi connectivity index (χ3n) is 2.09. The lowest BCUT2D eigenvalue weighted by Crippen LogP contribution is -2.43. The average Bonchev–Trinajstić information content (AvgIpc) is 2.34. The maximum absolute atomic E-state index is 11.5. The maximum Gasteiger partial charge on any atom is 0.251 e. The lowest BCUT2D eigenvalue weighted by molar-refractivity contribution is -0.147. The number of carbonyl (C=O) groups is 1. The van der Waals surface area contributed by atoms with Gasteiger partial charge in [0.15, 0.2) is 6.10 Å². The Kier molecular flexibility index (Phi) is 7.75. The van der Waals surface area contributed by atoms with Crippen LogP contribution in [0.2, 0.25) is 0 Å². The topological polar surface area (TPSA) is 56.8 Å². The van der Waals surface area contributed by atoms with Gasteiger partial charge in [-0.15, -0.1) is 0 Å². The lowest BCUT2D eigenvalue weighted by atomic mass is 10.3. The van der Waals surface area contributed by atoms with Gasteiger partial charge in [0, 0.05) is 18.5 Å². The highest BCUT2D eigenvalue weighted by Crippen LogP contribution is 2.00. The monoisotopic (exact) mass is 295 g/mol. The summed E-state index contributed by atoms with van der Waals surface area (Å²) in [5, 5.41) is 3.63. The third kappa shape index (κ3) is 5.79. The molecule has 0 aromatic carbocycles. The Bertz CT molecular complexity index is 197. The van der Waals surface area contributed by atoms with Gasteiger partial charge in [0.1, 0.15) is 0 Å². The molecule has 0 aromatic rings. The van der Waals surface area contributed by atoms with Crippen molar-refractivity contribution in [3.63, 3.8) is 0 Å². The van der Waals surface area contributed by atoms with Crippen molar-refractivity contribution in [2.75, 3.05) is 44.9 Å². The molecule has 1 saturated heterocycles. The number of halogens is 1. The van der Waals surface area contributed by atoms with Crippen LogP contribution in [0, 0.1) is 0 Å². The van der Waals surface area contributed by atoms with Gasteiger partial charge >= 0.3 is 0 Å². The third-order valence-corrected chi connectivity index (χ3v) is 2.42. The van der Waals surface area contributed by atoms with E-state index in [0.29, 0.717) is 39.6 Å². The van der Waals surface area contributed by atoms with Gasteiger partial charge in [0.05, 0.1) is 26.4 Å². The molecular weight excluding hydrogens is 278 g/mol. The van der Waals surface area contributed by atoms with Gasteiger partial charge < -0.3 is 19.5 Å². The molecule has 16 heavy (non-hydrogen) atoms. The van der Waals surface area contributed by atoms with Crippen molar-refractivity contribution < 1.29 is 19.0 Å². The molecule has 0 bridgehead atoms. The molecule has 5 nitrogen and oxygen atoms in total. The fourth-order valence-electron chi connectivity index (χ4n) is 1.30. The molecule has 1 atom stereocenters. The Morgan fingerprint density at radius 3 is 3.00 bits per heavy atom. The van der Waals surface area contributed by atoms with Crippen LogP contribution in [0.15, 0.2) is 0 Å². The highest BCUT2D eigenvalue weighted by molar-refractivity contribution is 9.09. The summed E-state index contributed by atoms with van der Waals surface area (Å²) in [7, 11) is 0. The minimum Gasteiger partial charge on any atom is -0.381 e. The van der Waals surface area contributed by atoms with Crippen LogP contribution in [0.1, 0.15) is 6.42 Å². The van der Waals surface area contributed by atoms with Crippen LogP contribution in [0.5, 0.6) is 0 Å². The molecule has 1 amide bonds. The lowest BCUT2D eigenvalue weighted by Gasteiger charge is -2.21. The molecule has 94 valence electrons. The predicted molar refractivity (Wildman–Crippen MR) is 62.8 cm³/mol. The smallest absolute Gasteiger partial charge is 0.251 e. The quantitative estimate of drug-likeness (QED) is 0.543. The molecule has 0 radical (unpaired) electrons. The van der Waals surface area contributed by atoms with E-state index in [1.807, 2.05) is 0 Å². The number of ether oxygens (including phenoxy) is 3. The Labute approximate surface area is 104 Å². The molecule has 0 saturated carbocycles. The van der Waals surface area contributed by atoms with Crippen molar-refractivity contribution in [1.29, 1.82) is 0 Å². The Balaban J connectivity index is 1.97. The molecule has 0 spiro atoms. The van der Waals surface area contributed by atoms with Gasteiger partial charge in [-0.1, -0.05) is 15.9 Å². The van der Waals surface area contributed by atoms with Crippen LogP contribution < -0.4 is 5.32 Å². The van der Waals surface area contributed by atoms with Crippen LogP contribution in [-0.2, 0) is 19.0 Å². The fraction of sp³-hybridized carbons (Fsp3) is 0.900. The fourth-order valence-corrected chi connectivity index (χ4v) is 1.52. The number of carbonyl (C=O) groups excluding carboxylic acids is 1. The second-order valence-electron chi connectivity index (χ2n) is 3.38. The van der Waals surface area contributed by atoms with Crippen molar-refractivity contribution in [2.45, 2.75) is 12.5 Å². The van der Waals surface area contributed by atoms with E-state index in [4.69, 9.17) is 14.2 Å². The van der Waals surface area contributed by atoms with E-state index in [2.05, 4.69) is 21.2 Å². The normalized spacial score (nSPS) is 20.7. The van der Waals surface area contributed by atoms with E-state index in [0.717, 1.165) is 11.8 Å². The van der Waals surface area contributed by atoms with E-state index < -0.39 is 6.10 Å². The van der Waals surface area contributed by atoms with Crippen LogP contribution in [0.3, 0.4) is 0 Å². The summed E-state index contributed by atoms with van der Waals surface area (Å²) in [6.45, 7) is 3.39. The molecule has 0 aliphatic carbocycles. The van der Waals surface area contributed by atoms with Gasteiger partial charge in [-0.2, -0.15) is 0 Å². The van der Waals surface area contributed by atoms with E-state index in [1.54, 1.807) is 0 Å². The summed E-state index contributed by atoms with van der Waals surface area (Å²) in [5.41, 5.74) is 0. The molecular formula is C10H18BrNO4. The number of alkyl halides is 1. The zero-order valence-electron chi connectivity index (χ0n) is 9.25. The molecule has 1 heterocycles. The highest BCUT2D eigenvalue weighted by atomic mass is 79.9. The summed E-state index contributed by atoms with van der Waals surface area (Å²) >= 11 is 3.27. The predicted octanol–water partition coefficient (Wildman–Crippen LogP) is 0.320. The van der Waals surface area contributed by atoms with Crippen molar-refractivity contribution >= 4 is 21.8 Å². The number of hydrogen-bond donors (Lipinski definition) is 1. The molecule has 6 heteroatoms. The Morgan fingerprint density at radius 2 is 2.31 bits per heavy atom. The zero-order chi connectivity index (χ0) is 11.6. The second kappa shape index (κ2) is 8.92. The van der Waals surface area contributed by atoms with Gasteiger partial charge in [-0.05, 0) is 6.42 Å². The minimum atomic E-state index is -0.447. The van der Waals surface area contributed by atoms with Gasteiger partial charge in [0.25, 0.3) is 5.91 Å². The second-order valence-corrected chi connectivity index (χ2v) is 4.17. The van der Waals surface area contributed by atoms with Crippen molar-refractivity contribution in [3.05, 3.63) is 0 Å². The van der Waals surface area contributed by atoms with Crippen LogP contribution >= 0.6 is 15.9 Å². The molecule has 0 aromatic heterocycles. The van der Waals surface area contributed by atoms with E-state index in [9.17, 15) is 4.79 Å². The summed E-state index contributed by atoms with van der Waals surface area (Å²) < 4.78 is 15.7. The summed E-state index contributed by atoms with van der Waals surface area (Å²) in [5.74, 6) is -0.0970. The Morgan fingerprint density at radius 1 is 1.44 bits per heavy atom. The number of nitrogens with one attached hydrogen (secondary N) is 1. The molecule has 1 unspecified atom stereocenters. The van der Waals surface area contributed by atoms with Crippen molar-refractivity contribution in [2.24, 2.45) is 0 Å². The summed E-state index contributed by atoms with van der Waals surface area (Å²) in [4.78, 5) is 11.5. The summed E-state index contributed by atoms with van der Waals surface area (Å²) in [6, 6.07) is 0. The number of rotatable bonds is 7. The van der Waals surface area contributed by atoms with Crippen LogP contribution in [0.25, 0.3) is 0 Å². The van der Waals surface area contributed by atoms with E-state index in [1.165, 1.54) is 0 Å². The minimum absolute atomic E-state index is 0.0970.